The second-order valence-electron chi connectivity index (χ2n) is 3.99. The van der Waals surface area contributed by atoms with Crippen LogP contribution in [0.2, 0.25) is 5.02 Å². The van der Waals surface area contributed by atoms with Crippen LogP contribution in [0.15, 0.2) is 41.0 Å². The van der Waals surface area contributed by atoms with Gasteiger partial charge in [0.1, 0.15) is 12.4 Å². The lowest BCUT2D eigenvalue weighted by Gasteiger charge is -2.07. The van der Waals surface area contributed by atoms with Crippen molar-refractivity contribution in [3.63, 3.8) is 0 Å². The third kappa shape index (κ3) is 3.76. The zero-order valence-corrected chi connectivity index (χ0v) is 11.2. The van der Waals surface area contributed by atoms with Crippen molar-refractivity contribution in [2.75, 3.05) is 13.2 Å². The lowest BCUT2D eigenvalue weighted by Crippen LogP contribution is -2.28. The van der Waals surface area contributed by atoms with Crippen LogP contribution in [0.4, 0.5) is 0 Å². The molecule has 0 saturated heterocycles. The Labute approximate surface area is 116 Å². The molecule has 0 aliphatic heterocycles. The summed E-state index contributed by atoms with van der Waals surface area (Å²) in [5.74, 6) is 0.821. The van der Waals surface area contributed by atoms with Crippen LogP contribution in [-0.4, -0.2) is 19.1 Å². The maximum atomic E-state index is 11.7. The van der Waals surface area contributed by atoms with Gasteiger partial charge in [0.15, 0.2) is 5.76 Å². The Kier molecular flexibility index (Phi) is 4.47. The van der Waals surface area contributed by atoms with Crippen LogP contribution in [-0.2, 0) is 0 Å². The number of furan rings is 1. The number of carbonyl (C=O) groups is 1. The lowest BCUT2D eigenvalue weighted by molar-refractivity contribution is 0.0918. The number of halogens is 1. The monoisotopic (exact) mass is 279 g/mol. The molecule has 2 aromatic rings. The normalized spacial score (nSPS) is 10.2. The highest BCUT2D eigenvalue weighted by atomic mass is 35.5. The Morgan fingerprint density at radius 2 is 2.05 bits per heavy atom. The summed E-state index contributed by atoms with van der Waals surface area (Å²) in [6.45, 7) is 2.61. The molecule has 1 aromatic heterocycles. The maximum absolute atomic E-state index is 11.7. The van der Waals surface area contributed by atoms with E-state index in [-0.39, 0.29) is 5.91 Å². The largest absolute Gasteiger partial charge is 0.492 e. The van der Waals surface area contributed by atoms with Gasteiger partial charge >= 0.3 is 0 Å². The zero-order chi connectivity index (χ0) is 13.7. The first-order valence-electron chi connectivity index (χ1n) is 5.87. The fourth-order valence-corrected chi connectivity index (χ4v) is 1.68. The average molecular weight is 280 g/mol. The first-order valence-corrected chi connectivity index (χ1v) is 6.25. The minimum absolute atomic E-state index is 0.234. The fourth-order valence-electron chi connectivity index (χ4n) is 1.55. The van der Waals surface area contributed by atoms with Gasteiger partial charge in [-0.05, 0) is 37.3 Å². The number of aryl methyl sites for hydroxylation is 1. The first-order chi connectivity index (χ1) is 9.16. The summed E-state index contributed by atoms with van der Waals surface area (Å²) >= 11 is 5.76. The number of hydrogen-bond donors (Lipinski definition) is 1. The van der Waals surface area contributed by atoms with Crippen molar-refractivity contribution in [2.45, 2.75) is 6.92 Å². The highest BCUT2D eigenvalue weighted by Crippen LogP contribution is 2.15. The van der Waals surface area contributed by atoms with Crippen LogP contribution in [0.3, 0.4) is 0 Å². The molecule has 1 aromatic carbocycles. The molecule has 0 saturated carbocycles. The number of amides is 1. The Balaban J connectivity index is 1.74. The van der Waals surface area contributed by atoms with Crippen molar-refractivity contribution in [1.29, 1.82) is 0 Å². The van der Waals surface area contributed by atoms with E-state index in [1.807, 2.05) is 6.92 Å². The molecule has 0 spiro atoms. The predicted octanol–water partition coefficient (Wildman–Crippen LogP) is 3.05. The molecule has 0 bridgehead atoms. The average Bonchev–Trinajstić information content (AvgIpc) is 2.83. The molecule has 0 unspecified atom stereocenters. The molecular weight excluding hydrogens is 266 g/mol. The van der Waals surface area contributed by atoms with Gasteiger partial charge in [-0.1, -0.05) is 11.6 Å². The summed E-state index contributed by atoms with van der Waals surface area (Å²) < 4.78 is 10.5. The Bertz CT molecular complexity index is 548. The van der Waals surface area contributed by atoms with Crippen molar-refractivity contribution in [3.8, 4) is 5.75 Å². The molecule has 2 rings (SSSR count). The van der Waals surface area contributed by atoms with Gasteiger partial charge in [0.25, 0.3) is 5.91 Å². The molecule has 0 aliphatic carbocycles. The Morgan fingerprint density at radius 1 is 1.32 bits per heavy atom. The number of ether oxygens (including phenoxy) is 1. The summed E-state index contributed by atoms with van der Waals surface area (Å²) in [5.41, 5.74) is 0.816. The van der Waals surface area contributed by atoms with Gasteiger partial charge < -0.3 is 14.5 Å². The molecule has 0 aliphatic rings. The molecule has 1 amide bonds. The van der Waals surface area contributed by atoms with E-state index in [2.05, 4.69) is 5.32 Å². The van der Waals surface area contributed by atoms with E-state index in [1.165, 1.54) is 6.26 Å². The molecular formula is C14H14ClNO3. The second-order valence-corrected chi connectivity index (χ2v) is 4.43. The lowest BCUT2D eigenvalue weighted by atomic mass is 10.3. The van der Waals surface area contributed by atoms with Gasteiger partial charge in [-0.15, -0.1) is 0 Å². The van der Waals surface area contributed by atoms with Crippen molar-refractivity contribution in [2.24, 2.45) is 0 Å². The molecule has 19 heavy (non-hydrogen) atoms. The maximum Gasteiger partial charge on any atom is 0.287 e. The van der Waals surface area contributed by atoms with Crippen molar-refractivity contribution < 1.29 is 13.9 Å². The molecule has 1 heterocycles. The quantitative estimate of drug-likeness (QED) is 0.856. The summed E-state index contributed by atoms with van der Waals surface area (Å²) in [7, 11) is 0. The van der Waals surface area contributed by atoms with Gasteiger partial charge in [0.2, 0.25) is 0 Å². The van der Waals surface area contributed by atoms with Crippen LogP contribution in [0, 0.1) is 6.92 Å². The van der Waals surface area contributed by atoms with Crippen molar-refractivity contribution in [3.05, 3.63) is 52.9 Å². The third-order valence-corrected chi connectivity index (χ3v) is 2.79. The van der Waals surface area contributed by atoms with E-state index < -0.39 is 0 Å². The zero-order valence-electron chi connectivity index (χ0n) is 10.5. The highest BCUT2D eigenvalue weighted by molar-refractivity contribution is 6.30. The van der Waals surface area contributed by atoms with Crippen LogP contribution >= 0.6 is 11.6 Å². The van der Waals surface area contributed by atoms with Gasteiger partial charge in [0.05, 0.1) is 12.8 Å². The summed E-state index contributed by atoms with van der Waals surface area (Å²) in [4.78, 5) is 11.7. The van der Waals surface area contributed by atoms with Crippen molar-refractivity contribution in [1.82, 2.24) is 5.32 Å². The molecule has 100 valence electrons. The summed E-state index contributed by atoms with van der Waals surface area (Å²) in [6, 6.07) is 8.81. The second kappa shape index (κ2) is 6.29. The molecule has 1 N–H and O–H groups in total. The number of carbonyl (C=O) groups excluding carboxylic acids is 1. The smallest absolute Gasteiger partial charge is 0.287 e. The predicted molar refractivity (Wildman–Crippen MR) is 72.7 cm³/mol. The SMILES string of the molecule is Cc1ccoc1C(=O)NCCOc1ccc(Cl)cc1. The van der Waals surface area contributed by atoms with Crippen LogP contribution in [0.5, 0.6) is 5.75 Å². The van der Waals surface area contributed by atoms with Crippen LogP contribution < -0.4 is 10.1 Å². The minimum atomic E-state index is -0.234. The van der Waals surface area contributed by atoms with Gasteiger partial charge in [-0.3, -0.25) is 4.79 Å². The van der Waals surface area contributed by atoms with E-state index in [4.69, 9.17) is 20.8 Å². The number of nitrogens with one attached hydrogen (secondary N) is 1. The van der Waals surface area contributed by atoms with Gasteiger partial charge in [-0.2, -0.15) is 0 Å². The van der Waals surface area contributed by atoms with E-state index in [1.54, 1.807) is 30.3 Å². The molecule has 0 fully saturated rings. The third-order valence-electron chi connectivity index (χ3n) is 2.54. The summed E-state index contributed by atoms with van der Waals surface area (Å²) in [5, 5.41) is 3.38. The standard InChI is InChI=1S/C14H14ClNO3/c1-10-6-8-19-13(10)14(17)16-7-9-18-12-4-2-11(15)3-5-12/h2-6,8H,7,9H2,1H3,(H,16,17). The Morgan fingerprint density at radius 3 is 2.68 bits per heavy atom. The van der Waals surface area contributed by atoms with E-state index in [0.717, 1.165) is 5.56 Å². The Hall–Kier alpha value is -1.94. The fraction of sp³-hybridized carbons (Fsp3) is 0.214. The highest BCUT2D eigenvalue weighted by Gasteiger charge is 2.11. The molecule has 5 heteroatoms. The summed E-state index contributed by atoms with van der Waals surface area (Å²) in [6.07, 6.45) is 1.49. The molecule has 0 radical (unpaired) electrons. The van der Waals surface area contributed by atoms with E-state index in [9.17, 15) is 4.79 Å². The number of hydrogen-bond acceptors (Lipinski definition) is 3. The van der Waals surface area contributed by atoms with E-state index in [0.29, 0.717) is 29.7 Å². The van der Waals surface area contributed by atoms with Gasteiger partial charge in [0, 0.05) is 10.6 Å². The van der Waals surface area contributed by atoms with Crippen molar-refractivity contribution >= 4 is 17.5 Å². The topological polar surface area (TPSA) is 51.5 Å². The molecule has 4 nitrogen and oxygen atoms in total. The molecule has 0 atom stereocenters. The minimum Gasteiger partial charge on any atom is -0.492 e. The number of benzene rings is 1. The van der Waals surface area contributed by atoms with Crippen LogP contribution in [0.25, 0.3) is 0 Å². The van der Waals surface area contributed by atoms with E-state index >= 15 is 0 Å². The van der Waals surface area contributed by atoms with Gasteiger partial charge in [-0.25, -0.2) is 0 Å². The first kappa shape index (κ1) is 13.5. The number of rotatable bonds is 5. The van der Waals surface area contributed by atoms with Crippen LogP contribution in [0.1, 0.15) is 16.1 Å².